The monoisotopic (exact) mass is 272 g/mol. The number of pyridine rings is 1. The fraction of sp³-hybridized carbons (Fsp3) is 0.500. The van der Waals surface area contributed by atoms with E-state index in [2.05, 4.69) is 59.7 Å². The highest BCUT2D eigenvalue weighted by Crippen LogP contribution is 2.21. The molecule has 0 aliphatic heterocycles. The molecule has 1 N–H and O–H groups in total. The third kappa shape index (κ3) is 4.17. The van der Waals surface area contributed by atoms with Gasteiger partial charge >= 0.3 is 0 Å². The van der Waals surface area contributed by atoms with E-state index in [0.717, 1.165) is 18.8 Å². The van der Waals surface area contributed by atoms with E-state index >= 15 is 0 Å². The lowest BCUT2D eigenvalue weighted by atomic mass is 9.86. The SMILES string of the molecule is Cc1ccc(CNC(Cn2ccnc2)C(C)(C)C)nc1. The first-order valence-corrected chi connectivity index (χ1v) is 7.06. The molecule has 2 aromatic heterocycles. The van der Waals surface area contributed by atoms with Crippen molar-refractivity contribution in [1.82, 2.24) is 19.9 Å². The Balaban J connectivity index is 1.99. The molecule has 2 aromatic rings. The summed E-state index contributed by atoms with van der Waals surface area (Å²) in [5.74, 6) is 0. The number of imidazole rings is 1. The van der Waals surface area contributed by atoms with Crippen LogP contribution in [0.15, 0.2) is 37.1 Å². The first kappa shape index (κ1) is 14.7. The Hall–Kier alpha value is -1.68. The summed E-state index contributed by atoms with van der Waals surface area (Å²) in [6, 6.07) is 4.55. The van der Waals surface area contributed by atoms with Crippen molar-refractivity contribution < 1.29 is 0 Å². The van der Waals surface area contributed by atoms with Crippen molar-refractivity contribution in [3.8, 4) is 0 Å². The van der Waals surface area contributed by atoms with Crippen LogP contribution in [0.3, 0.4) is 0 Å². The van der Waals surface area contributed by atoms with Gasteiger partial charge in [0.2, 0.25) is 0 Å². The molecule has 0 aliphatic carbocycles. The van der Waals surface area contributed by atoms with Crippen molar-refractivity contribution in [2.24, 2.45) is 5.41 Å². The van der Waals surface area contributed by atoms with Gasteiger partial charge in [-0.05, 0) is 24.0 Å². The van der Waals surface area contributed by atoms with Gasteiger partial charge < -0.3 is 9.88 Å². The molecule has 0 radical (unpaired) electrons. The van der Waals surface area contributed by atoms with Crippen molar-refractivity contribution in [1.29, 1.82) is 0 Å². The van der Waals surface area contributed by atoms with E-state index in [1.54, 1.807) is 0 Å². The van der Waals surface area contributed by atoms with Gasteiger partial charge in [0.15, 0.2) is 0 Å². The minimum Gasteiger partial charge on any atom is -0.336 e. The Bertz CT molecular complexity index is 508. The number of nitrogens with zero attached hydrogens (tertiary/aromatic N) is 3. The lowest BCUT2D eigenvalue weighted by Crippen LogP contribution is -2.43. The molecule has 0 aliphatic rings. The maximum absolute atomic E-state index is 4.45. The molecule has 0 saturated carbocycles. The third-order valence-electron chi connectivity index (χ3n) is 3.50. The molecule has 0 spiro atoms. The number of hydrogen-bond acceptors (Lipinski definition) is 3. The van der Waals surface area contributed by atoms with Crippen LogP contribution in [0.2, 0.25) is 0 Å². The van der Waals surface area contributed by atoms with Crippen LogP contribution in [0.1, 0.15) is 32.0 Å². The zero-order valence-corrected chi connectivity index (χ0v) is 12.8. The molecular weight excluding hydrogens is 248 g/mol. The maximum Gasteiger partial charge on any atom is 0.0946 e. The van der Waals surface area contributed by atoms with Crippen molar-refractivity contribution in [3.63, 3.8) is 0 Å². The lowest BCUT2D eigenvalue weighted by molar-refractivity contribution is 0.239. The molecule has 1 unspecified atom stereocenters. The van der Waals surface area contributed by atoms with Crippen LogP contribution in [0.25, 0.3) is 0 Å². The van der Waals surface area contributed by atoms with Crippen LogP contribution in [0.4, 0.5) is 0 Å². The van der Waals surface area contributed by atoms with Gasteiger partial charge in [0.05, 0.1) is 12.0 Å². The summed E-state index contributed by atoms with van der Waals surface area (Å²) in [6.07, 6.45) is 7.61. The molecule has 0 fully saturated rings. The number of nitrogens with one attached hydrogen (secondary N) is 1. The number of aryl methyl sites for hydroxylation is 1. The topological polar surface area (TPSA) is 42.7 Å². The smallest absolute Gasteiger partial charge is 0.0946 e. The fourth-order valence-corrected chi connectivity index (χ4v) is 2.08. The number of aromatic nitrogens is 3. The van der Waals surface area contributed by atoms with Crippen LogP contribution in [-0.4, -0.2) is 20.6 Å². The zero-order chi connectivity index (χ0) is 14.6. The average molecular weight is 272 g/mol. The van der Waals surface area contributed by atoms with Gasteiger partial charge in [-0.15, -0.1) is 0 Å². The Morgan fingerprint density at radius 1 is 1.30 bits per heavy atom. The second-order valence-corrected chi connectivity index (χ2v) is 6.39. The van der Waals surface area contributed by atoms with Gasteiger partial charge in [-0.2, -0.15) is 0 Å². The van der Waals surface area contributed by atoms with Gasteiger partial charge in [0, 0.05) is 37.7 Å². The predicted octanol–water partition coefficient (Wildman–Crippen LogP) is 2.79. The summed E-state index contributed by atoms with van der Waals surface area (Å²) in [5.41, 5.74) is 2.45. The molecule has 108 valence electrons. The highest BCUT2D eigenvalue weighted by Gasteiger charge is 2.24. The number of rotatable bonds is 5. The molecule has 4 heteroatoms. The lowest BCUT2D eigenvalue weighted by Gasteiger charge is -2.32. The van der Waals surface area contributed by atoms with Gasteiger partial charge in [-0.3, -0.25) is 4.98 Å². The normalized spacial score (nSPS) is 13.4. The molecular formula is C16H24N4. The van der Waals surface area contributed by atoms with Crippen LogP contribution < -0.4 is 5.32 Å². The Morgan fingerprint density at radius 3 is 2.65 bits per heavy atom. The largest absolute Gasteiger partial charge is 0.336 e. The molecule has 0 aromatic carbocycles. The van der Waals surface area contributed by atoms with Crippen LogP contribution in [-0.2, 0) is 13.1 Å². The van der Waals surface area contributed by atoms with Crippen LogP contribution in [0, 0.1) is 12.3 Å². The van der Waals surface area contributed by atoms with E-state index in [0.29, 0.717) is 6.04 Å². The van der Waals surface area contributed by atoms with E-state index in [1.807, 2.05) is 24.9 Å². The van der Waals surface area contributed by atoms with Crippen LogP contribution >= 0.6 is 0 Å². The second kappa shape index (κ2) is 6.18. The minimum atomic E-state index is 0.176. The van der Waals surface area contributed by atoms with Crippen molar-refractivity contribution in [2.45, 2.75) is 46.8 Å². The summed E-state index contributed by atoms with van der Waals surface area (Å²) < 4.78 is 2.12. The molecule has 2 rings (SSSR count). The third-order valence-corrected chi connectivity index (χ3v) is 3.50. The molecule has 1 atom stereocenters. The molecule has 0 saturated heterocycles. The fourth-order valence-electron chi connectivity index (χ4n) is 2.08. The van der Waals surface area contributed by atoms with E-state index in [4.69, 9.17) is 0 Å². The van der Waals surface area contributed by atoms with Crippen molar-refractivity contribution in [3.05, 3.63) is 48.3 Å². The summed E-state index contributed by atoms with van der Waals surface area (Å²) in [6.45, 7) is 10.5. The average Bonchev–Trinajstić information content (AvgIpc) is 2.88. The molecule has 4 nitrogen and oxygen atoms in total. The predicted molar refractivity (Wildman–Crippen MR) is 81.3 cm³/mol. The van der Waals surface area contributed by atoms with Crippen molar-refractivity contribution >= 4 is 0 Å². The molecule has 0 amide bonds. The highest BCUT2D eigenvalue weighted by molar-refractivity contribution is 5.12. The summed E-state index contributed by atoms with van der Waals surface area (Å²) in [4.78, 5) is 8.56. The molecule has 0 bridgehead atoms. The zero-order valence-electron chi connectivity index (χ0n) is 12.8. The molecule has 2 heterocycles. The Labute approximate surface area is 121 Å². The van der Waals surface area contributed by atoms with Crippen molar-refractivity contribution in [2.75, 3.05) is 0 Å². The Morgan fingerprint density at radius 2 is 2.10 bits per heavy atom. The van der Waals surface area contributed by atoms with E-state index < -0.39 is 0 Å². The summed E-state index contributed by atoms with van der Waals surface area (Å²) >= 11 is 0. The maximum atomic E-state index is 4.45. The highest BCUT2D eigenvalue weighted by atomic mass is 15.1. The van der Waals surface area contributed by atoms with Gasteiger partial charge in [-0.1, -0.05) is 26.8 Å². The minimum absolute atomic E-state index is 0.176. The first-order valence-electron chi connectivity index (χ1n) is 7.06. The first-order chi connectivity index (χ1) is 9.45. The quantitative estimate of drug-likeness (QED) is 0.910. The van der Waals surface area contributed by atoms with E-state index in [-0.39, 0.29) is 5.41 Å². The van der Waals surface area contributed by atoms with Crippen LogP contribution in [0.5, 0.6) is 0 Å². The summed E-state index contributed by atoms with van der Waals surface area (Å²) in [5, 5.41) is 3.62. The second-order valence-electron chi connectivity index (χ2n) is 6.39. The van der Waals surface area contributed by atoms with Gasteiger partial charge in [0.25, 0.3) is 0 Å². The van der Waals surface area contributed by atoms with E-state index in [1.165, 1.54) is 5.56 Å². The number of hydrogen-bond donors (Lipinski definition) is 1. The summed E-state index contributed by atoms with van der Waals surface area (Å²) in [7, 11) is 0. The van der Waals surface area contributed by atoms with Gasteiger partial charge in [-0.25, -0.2) is 4.98 Å². The molecule has 20 heavy (non-hydrogen) atoms. The van der Waals surface area contributed by atoms with Gasteiger partial charge in [0.1, 0.15) is 0 Å². The Kier molecular flexibility index (Phi) is 4.55. The standard InChI is InChI=1S/C16H24N4/c1-13-5-6-14(18-9-13)10-19-15(16(2,3)4)11-20-8-7-17-12-20/h5-9,12,15,19H,10-11H2,1-4H3. The van der Waals surface area contributed by atoms with E-state index in [9.17, 15) is 0 Å².